The van der Waals surface area contributed by atoms with Crippen molar-refractivity contribution in [1.82, 2.24) is 15.0 Å². The van der Waals surface area contributed by atoms with E-state index in [9.17, 15) is 0 Å². The normalized spacial score (nSPS) is 10.7. The summed E-state index contributed by atoms with van der Waals surface area (Å²) in [5.41, 5.74) is 4.12. The quantitative estimate of drug-likeness (QED) is 0.681. The third-order valence-corrected chi connectivity index (χ3v) is 3.95. The van der Waals surface area contributed by atoms with Crippen molar-refractivity contribution in [2.75, 3.05) is 0 Å². The van der Waals surface area contributed by atoms with Crippen LogP contribution in [0, 0.1) is 0 Å². The Morgan fingerprint density at radius 3 is 2.39 bits per heavy atom. The number of benzene rings is 1. The maximum atomic E-state index is 6.01. The molecule has 0 amide bonds. The Morgan fingerprint density at radius 2 is 1.61 bits per heavy atom. The van der Waals surface area contributed by atoms with E-state index in [4.69, 9.17) is 23.2 Å². The van der Waals surface area contributed by atoms with Crippen LogP contribution in [0.3, 0.4) is 0 Å². The molecule has 2 aromatic heterocycles. The SMILES string of the molecule is Clc1ccc(Cc2cc(CCc3cccc(Cl)c3)ncn2)nc1. The maximum absolute atomic E-state index is 6.01. The number of hydrogen-bond donors (Lipinski definition) is 0. The molecule has 116 valence electrons. The summed E-state index contributed by atoms with van der Waals surface area (Å²) in [6.45, 7) is 0. The molecule has 0 saturated carbocycles. The Morgan fingerprint density at radius 1 is 0.739 bits per heavy atom. The van der Waals surface area contributed by atoms with Crippen LogP contribution < -0.4 is 0 Å². The van der Waals surface area contributed by atoms with Crippen LogP contribution in [-0.4, -0.2) is 15.0 Å². The summed E-state index contributed by atoms with van der Waals surface area (Å²) in [7, 11) is 0. The van der Waals surface area contributed by atoms with Crippen molar-refractivity contribution < 1.29 is 0 Å². The van der Waals surface area contributed by atoms with Gasteiger partial charge in [-0.2, -0.15) is 0 Å². The lowest BCUT2D eigenvalue weighted by atomic mass is 10.1. The van der Waals surface area contributed by atoms with Gasteiger partial charge in [-0.25, -0.2) is 9.97 Å². The first-order valence-corrected chi connectivity index (χ1v) is 8.09. The number of aryl methyl sites for hydroxylation is 2. The molecule has 3 rings (SSSR count). The van der Waals surface area contributed by atoms with E-state index in [0.717, 1.165) is 34.9 Å². The van der Waals surface area contributed by atoms with Crippen LogP contribution in [0.2, 0.25) is 10.0 Å². The minimum Gasteiger partial charge on any atom is -0.259 e. The predicted molar refractivity (Wildman–Crippen MR) is 92.9 cm³/mol. The van der Waals surface area contributed by atoms with Crippen LogP contribution in [0.4, 0.5) is 0 Å². The predicted octanol–water partition coefficient (Wildman–Crippen LogP) is 4.55. The molecule has 0 bridgehead atoms. The van der Waals surface area contributed by atoms with Crippen molar-refractivity contribution in [1.29, 1.82) is 0 Å². The molecule has 2 heterocycles. The highest BCUT2D eigenvalue weighted by molar-refractivity contribution is 6.30. The number of hydrogen-bond acceptors (Lipinski definition) is 3. The first-order chi connectivity index (χ1) is 11.2. The molecular formula is C18H15Cl2N3. The van der Waals surface area contributed by atoms with Crippen molar-refractivity contribution in [2.45, 2.75) is 19.3 Å². The van der Waals surface area contributed by atoms with Gasteiger partial charge in [0.2, 0.25) is 0 Å². The second kappa shape index (κ2) is 7.53. The van der Waals surface area contributed by atoms with E-state index in [-0.39, 0.29) is 0 Å². The summed E-state index contributed by atoms with van der Waals surface area (Å²) in [4.78, 5) is 13.0. The standard InChI is InChI=1S/C18H15Cl2N3/c19-14-3-1-2-13(8-14)4-6-17-10-18(23-12-22-17)9-16-7-5-15(20)11-21-16/h1-3,5,7-8,10-12H,4,6,9H2. The van der Waals surface area contributed by atoms with Gasteiger partial charge in [-0.1, -0.05) is 35.3 Å². The smallest absolute Gasteiger partial charge is 0.115 e. The fourth-order valence-corrected chi connectivity index (χ4v) is 2.66. The molecule has 0 N–H and O–H groups in total. The molecule has 1 aromatic carbocycles. The van der Waals surface area contributed by atoms with Gasteiger partial charge in [0, 0.05) is 34.7 Å². The van der Waals surface area contributed by atoms with E-state index in [2.05, 4.69) is 21.0 Å². The van der Waals surface area contributed by atoms with Crippen molar-refractivity contribution in [2.24, 2.45) is 0 Å². The molecule has 0 spiro atoms. The molecule has 3 nitrogen and oxygen atoms in total. The molecule has 0 radical (unpaired) electrons. The summed E-state index contributed by atoms with van der Waals surface area (Å²) in [6.07, 6.45) is 5.68. The largest absolute Gasteiger partial charge is 0.259 e. The van der Waals surface area contributed by atoms with Crippen LogP contribution in [-0.2, 0) is 19.3 Å². The number of halogens is 2. The minimum atomic E-state index is 0.638. The zero-order chi connectivity index (χ0) is 16.1. The molecule has 0 saturated heterocycles. The maximum Gasteiger partial charge on any atom is 0.115 e. The highest BCUT2D eigenvalue weighted by atomic mass is 35.5. The van der Waals surface area contributed by atoms with Crippen LogP contribution in [0.1, 0.15) is 22.6 Å². The van der Waals surface area contributed by atoms with E-state index in [0.29, 0.717) is 11.4 Å². The first kappa shape index (κ1) is 15.9. The van der Waals surface area contributed by atoms with Crippen molar-refractivity contribution in [3.05, 3.63) is 87.7 Å². The van der Waals surface area contributed by atoms with Gasteiger partial charge in [0.05, 0.1) is 5.02 Å². The molecule has 3 aromatic rings. The van der Waals surface area contributed by atoms with Crippen molar-refractivity contribution in [3.8, 4) is 0 Å². The zero-order valence-corrected chi connectivity index (χ0v) is 13.9. The summed E-state index contributed by atoms with van der Waals surface area (Å²) < 4.78 is 0. The molecule has 0 aliphatic rings. The molecule has 0 unspecified atom stereocenters. The molecule has 0 atom stereocenters. The number of pyridine rings is 1. The van der Waals surface area contributed by atoms with Gasteiger partial charge in [-0.05, 0) is 48.7 Å². The van der Waals surface area contributed by atoms with E-state index in [1.807, 2.05) is 36.4 Å². The van der Waals surface area contributed by atoms with Gasteiger partial charge in [0.1, 0.15) is 6.33 Å². The molecule has 0 aliphatic heterocycles. The van der Waals surface area contributed by atoms with E-state index >= 15 is 0 Å². The van der Waals surface area contributed by atoms with Crippen LogP contribution in [0.25, 0.3) is 0 Å². The highest BCUT2D eigenvalue weighted by Gasteiger charge is 2.03. The molecule has 0 aliphatic carbocycles. The Balaban J connectivity index is 1.66. The average Bonchev–Trinajstić information content (AvgIpc) is 2.56. The van der Waals surface area contributed by atoms with E-state index < -0.39 is 0 Å². The van der Waals surface area contributed by atoms with E-state index in [1.165, 1.54) is 5.56 Å². The van der Waals surface area contributed by atoms with Gasteiger partial charge in [0.25, 0.3) is 0 Å². The lowest BCUT2D eigenvalue weighted by molar-refractivity contribution is 0.878. The number of rotatable bonds is 5. The third kappa shape index (κ3) is 4.75. The lowest BCUT2D eigenvalue weighted by Crippen LogP contribution is -2.00. The Bertz CT molecular complexity index is 788. The van der Waals surface area contributed by atoms with Gasteiger partial charge in [-0.15, -0.1) is 0 Å². The molecule has 0 fully saturated rings. The number of aromatic nitrogens is 3. The topological polar surface area (TPSA) is 38.7 Å². The monoisotopic (exact) mass is 343 g/mol. The zero-order valence-electron chi connectivity index (χ0n) is 12.4. The highest BCUT2D eigenvalue weighted by Crippen LogP contribution is 2.14. The third-order valence-electron chi connectivity index (χ3n) is 3.49. The van der Waals surface area contributed by atoms with Crippen molar-refractivity contribution in [3.63, 3.8) is 0 Å². The average molecular weight is 344 g/mol. The fraction of sp³-hybridized carbons (Fsp3) is 0.167. The Hall–Kier alpha value is -1.97. The first-order valence-electron chi connectivity index (χ1n) is 7.34. The molecule has 5 heteroatoms. The summed E-state index contributed by atoms with van der Waals surface area (Å²) >= 11 is 11.9. The van der Waals surface area contributed by atoms with E-state index in [1.54, 1.807) is 12.5 Å². The summed E-state index contributed by atoms with van der Waals surface area (Å²) in [5, 5.41) is 1.40. The Labute approximate surface area is 145 Å². The van der Waals surface area contributed by atoms with Gasteiger partial charge < -0.3 is 0 Å². The fourth-order valence-electron chi connectivity index (χ4n) is 2.34. The summed E-state index contributed by atoms with van der Waals surface area (Å²) in [5.74, 6) is 0. The molecule has 23 heavy (non-hydrogen) atoms. The minimum absolute atomic E-state index is 0.638. The second-order valence-corrected chi connectivity index (χ2v) is 6.15. The van der Waals surface area contributed by atoms with Gasteiger partial charge in [0.15, 0.2) is 0 Å². The van der Waals surface area contributed by atoms with Crippen molar-refractivity contribution >= 4 is 23.2 Å². The second-order valence-electron chi connectivity index (χ2n) is 5.28. The van der Waals surface area contributed by atoms with Crippen LogP contribution in [0.5, 0.6) is 0 Å². The molecular weight excluding hydrogens is 329 g/mol. The van der Waals surface area contributed by atoms with Gasteiger partial charge >= 0.3 is 0 Å². The Kier molecular flexibility index (Phi) is 5.21. The van der Waals surface area contributed by atoms with Crippen LogP contribution >= 0.6 is 23.2 Å². The summed E-state index contributed by atoms with van der Waals surface area (Å²) in [6, 6.07) is 13.7. The van der Waals surface area contributed by atoms with Crippen LogP contribution in [0.15, 0.2) is 55.0 Å². The lowest BCUT2D eigenvalue weighted by Gasteiger charge is -2.05. The van der Waals surface area contributed by atoms with Gasteiger partial charge in [-0.3, -0.25) is 4.98 Å². The number of nitrogens with zero attached hydrogens (tertiary/aromatic N) is 3.